The second-order valence-electron chi connectivity index (χ2n) is 4.05. The van der Waals surface area contributed by atoms with E-state index < -0.39 is 0 Å². The summed E-state index contributed by atoms with van der Waals surface area (Å²) in [4.78, 5) is 7.97. The highest BCUT2D eigenvalue weighted by Crippen LogP contribution is 2.10. The van der Waals surface area contributed by atoms with E-state index >= 15 is 0 Å². The third-order valence-corrected chi connectivity index (χ3v) is 2.62. The van der Waals surface area contributed by atoms with E-state index in [1.165, 1.54) is 16.8 Å². The minimum atomic E-state index is 0.996. The van der Waals surface area contributed by atoms with Gasteiger partial charge in [0.15, 0.2) is 0 Å². The average Bonchev–Trinajstić information content (AvgIpc) is 2.37. The smallest absolute Gasteiger partial charge is 0.0403 e. The van der Waals surface area contributed by atoms with Crippen LogP contribution < -0.4 is 0 Å². The van der Waals surface area contributed by atoms with Gasteiger partial charge in [-0.3, -0.25) is 9.98 Å². The van der Waals surface area contributed by atoms with Gasteiger partial charge in [0.25, 0.3) is 0 Å². The van der Waals surface area contributed by atoms with Gasteiger partial charge in [0.2, 0.25) is 0 Å². The van der Waals surface area contributed by atoms with Gasteiger partial charge in [0, 0.05) is 18.1 Å². The van der Waals surface area contributed by atoms with Crippen LogP contribution >= 0.6 is 0 Å². The summed E-state index contributed by atoms with van der Waals surface area (Å²) in [5.41, 5.74) is 3.87. The van der Waals surface area contributed by atoms with Gasteiger partial charge in [0.05, 0.1) is 0 Å². The highest BCUT2D eigenvalue weighted by Gasteiger charge is 1.96. The Morgan fingerprint density at radius 1 is 1.53 bits per heavy atom. The zero-order valence-electron chi connectivity index (χ0n) is 10.7. The lowest BCUT2D eigenvalue weighted by Gasteiger charge is -2.03. The van der Waals surface area contributed by atoms with Crippen molar-refractivity contribution in [2.45, 2.75) is 33.1 Å². The summed E-state index contributed by atoms with van der Waals surface area (Å²) in [5, 5.41) is 0. The number of pyridine rings is 1. The maximum Gasteiger partial charge on any atom is 0.0403 e. The Hall–Kier alpha value is -1.70. The average molecular weight is 228 g/mol. The van der Waals surface area contributed by atoms with Crippen molar-refractivity contribution in [2.75, 3.05) is 0 Å². The second-order valence-corrected chi connectivity index (χ2v) is 4.05. The van der Waals surface area contributed by atoms with Gasteiger partial charge in [-0.2, -0.15) is 0 Å². The van der Waals surface area contributed by atoms with Gasteiger partial charge < -0.3 is 0 Å². The topological polar surface area (TPSA) is 25.2 Å². The number of hydrogen-bond donors (Lipinski definition) is 0. The quantitative estimate of drug-likeness (QED) is 0.538. The van der Waals surface area contributed by atoms with Gasteiger partial charge >= 0.3 is 0 Å². The zero-order chi connectivity index (χ0) is 12.5. The maximum absolute atomic E-state index is 4.30. The van der Waals surface area contributed by atoms with Crippen molar-refractivity contribution >= 4 is 6.72 Å². The summed E-state index contributed by atoms with van der Waals surface area (Å²) in [6, 6.07) is 4.28. The Balaban J connectivity index is 2.52. The molecule has 0 spiro atoms. The molecule has 2 nitrogen and oxygen atoms in total. The Bertz CT molecular complexity index is 417. The largest absolute Gasteiger partial charge is 0.273 e. The van der Waals surface area contributed by atoms with Gasteiger partial charge in [-0.1, -0.05) is 18.6 Å². The molecule has 2 heteroatoms. The van der Waals surface area contributed by atoms with E-state index in [4.69, 9.17) is 0 Å². The molecule has 1 aromatic rings. The van der Waals surface area contributed by atoms with E-state index in [0.717, 1.165) is 19.3 Å². The number of aliphatic imine (C=N–C) groups is 1. The van der Waals surface area contributed by atoms with Crippen LogP contribution in [0.25, 0.3) is 0 Å². The van der Waals surface area contributed by atoms with E-state index in [9.17, 15) is 0 Å². The first-order valence-corrected chi connectivity index (χ1v) is 5.98. The second kappa shape index (κ2) is 7.55. The van der Waals surface area contributed by atoms with Crippen LogP contribution in [0.3, 0.4) is 0 Å². The number of hydrogen-bond acceptors (Lipinski definition) is 2. The lowest BCUT2D eigenvalue weighted by molar-refractivity contribution is 0.922. The van der Waals surface area contributed by atoms with Crippen molar-refractivity contribution in [1.82, 2.24) is 4.98 Å². The van der Waals surface area contributed by atoms with Crippen LogP contribution in [0, 0.1) is 0 Å². The van der Waals surface area contributed by atoms with Crippen molar-refractivity contribution in [2.24, 2.45) is 4.99 Å². The summed E-state index contributed by atoms with van der Waals surface area (Å²) in [7, 11) is 0. The summed E-state index contributed by atoms with van der Waals surface area (Å²) in [5.74, 6) is 0. The minimum Gasteiger partial charge on any atom is -0.273 e. The summed E-state index contributed by atoms with van der Waals surface area (Å²) >= 11 is 0. The van der Waals surface area contributed by atoms with Gasteiger partial charge in [-0.05, 0) is 56.7 Å². The molecule has 0 bridgehead atoms. The molecule has 0 fully saturated rings. The molecule has 0 aliphatic carbocycles. The molecule has 1 rings (SSSR count). The Morgan fingerprint density at radius 3 is 3.06 bits per heavy atom. The number of nitrogens with zero attached hydrogens (tertiary/aromatic N) is 2. The molecular weight excluding hydrogens is 208 g/mol. The fourth-order valence-electron chi connectivity index (χ4n) is 1.57. The van der Waals surface area contributed by atoms with E-state index in [0.29, 0.717) is 0 Å². The van der Waals surface area contributed by atoms with E-state index in [-0.39, 0.29) is 0 Å². The Kier molecular flexibility index (Phi) is 5.94. The van der Waals surface area contributed by atoms with Crippen LogP contribution in [0.15, 0.2) is 47.2 Å². The fourth-order valence-corrected chi connectivity index (χ4v) is 1.57. The van der Waals surface area contributed by atoms with Crippen molar-refractivity contribution in [1.29, 1.82) is 0 Å². The lowest BCUT2D eigenvalue weighted by Crippen LogP contribution is -1.91. The molecule has 0 aliphatic heterocycles. The molecule has 0 saturated carbocycles. The molecule has 1 aromatic heterocycles. The van der Waals surface area contributed by atoms with Crippen molar-refractivity contribution in [3.05, 3.63) is 53.5 Å². The number of aryl methyl sites for hydroxylation is 2. The van der Waals surface area contributed by atoms with E-state index in [1.54, 1.807) is 6.20 Å². The first-order valence-electron chi connectivity index (χ1n) is 5.98. The fraction of sp³-hybridized carbons (Fsp3) is 0.333. The van der Waals surface area contributed by atoms with Crippen LogP contribution in [0.4, 0.5) is 0 Å². The molecule has 17 heavy (non-hydrogen) atoms. The molecular formula is C15H20N2. The number of aromatic nitrogens is 1. The molecule has 0 saturated heterocycles. The molecule has 0 aromatic carbocycles. The van der Waals surface area contributed by atoms with Crippen LogP contribution in [0.2, 0.25) is 0 Å². The first kappa shape index (κ1) is 13.4. The Morgan fingerprint density at radius 2 is 2.35 bits per heavy atom. The van der Waals surface area contributed by atoms with Crippen LogP contribution in [-0.4, -0.2) is 11.7 Å². The van der Waals surface area contributed by atoms with Crippen LogP contribution in [0.1, 0.15) is 31.5 Å². The number of rotatable bonds is 6. The highest BCUT2D eigenvalue weighted by atomic mass is 14.7. The van der Waals surface area contributed by atoms with E-state index in [2.05, 4.69) is 48.8 Å². The van der Waals surface area contributed by atoms with Crippen LogP contribution in [-0.2, 0) is 12.8 Å². The van der Waals surface area contributed by atoms with Gasteiger partial charge in [-0.15, -0.1) is 0 Å². The molecule has 1 heterocycles. The highest BCUT2D eigenvalue weighted by molar-refractivity contribution is 5.26. The molecule has 90 valence electrons. The molecule has 0 N–H and O–H groups in total. The van der Waals surface area contributed by atoms with Crippen LogP contribution in [0.5, 0.6) is 0 Å². The molecule has 0 atom stereocenters. The standard InChI is InChI=1S/C15H20N2/c1-4-15-12-14(9-11-17-15)8-7-13(2)6-5-10-16-3/h5-6,9-12H,3-4,7-8H2,1-2H3/b10-5-,13-6+. The van der Waals surface area contributed by atoms with Gasteiger partial charge in [-0.25, -0.2) is 0 Å². The summed E-state index contributed by atoms with van der Waals surface area (Å²) < 4.78 is 0. The monoisotopic (exact) mass is 228 g/mol. The van der Waals surface area contributed by atoms with Crippen molar-refractivity contribution in [3.8, 4) is 0 Å². The Labute approximate surface area is 104 Å². The zero-order valence-corrected chi connectivity index (χ0v) is 10.7. The third-order valence-electron chi connectivity index (χ3n) is 2.62. The molecule has 0 amide bonds. The molecule has 0 radical (unpaired) electrons. The SMILES string of the molecule is C=N/C=C\C=C(/C)CCc1ccnc(CC)c1. The minimum absolute atomic E-state index is 0.996. The maximum atomic E-state index is 4.30. The lowest BCUT2D eigenvalue weighted by atomic mass is 10.1. The molecule has 0 aliphatic rings. The normalized spacial score (nSPS) is 12.0. The predicted octanol–water partition coefficient (Wildman–Crippen LogP) is 3.74. The third kappa shape index (κ3) is 5.25. The van der Waals surface area contributed by atoms with Crippen molar-refractivity contribution < 1.29 is 0 Å². The van der Waals surface area contributed by atoms with E-state index in [1.807, 2.05) is 12.3 Å². The molecule has 0 unspecified atom stereocenters. The number of allylic oxidation sites excluding steroid dienone is 3. The van der Waals surface area contributed by atoms with Gasteiger partial charge in [0.1, 0.15) is 0 Å². The van der Waals surface area contributed by atoms with Crippen molar-refractivity contribution in [3.63, 3.8) is 0 Å². The first-order chi connectivity index (χ1) is 8.26. The summed E-state index contributed by atoms with van der Waals surface area (Å²) in [6.07, 6.45) is 10.7. The summed E-state index contributed by atoms with van der Waals surface area (Å²) in [6.45, 7) is 7.66. The predicted molar refractivity (Wildman–Crippen MR) is 74.4 cm³/mol.